The Labute approximate surface area is 299 Å². The number of amides is 1. The highest BCUT2D eigenvalue weighted by atomic mass is 16.3. The molecule has 4 N–H and O–H groups in total. The molecule has 5 nitrogen and oxygen atoms in total. The maximum absolute atomic E-state index is 12.4. The summed E-state index contributed by atoms with van der Waals surface area (Å²) in [6, 6.07) is -0.799. The van der Waals surface area contributed by atoms with Gasteiger partial charge in [-0.2, -0.15) is 0 Å². The third kappa shape index (κ3) is 33.3. The maximum Gasteiger partial charge on any atom is 0.249 e. The zero-order chi connectivity index (χ0) is 35.2. The lowest BCUT2D eigenvalue weighted by Gasteiger charge is -2.21. The van der Waals surface area contributed by atoms with E-state index >= 15 is 0 Å². The van der Waals surface area contributed by atoms with E-state index in [1.54, 1.807) is 6.08 Å². The fourth-order valence-electron chi connectivity index (χ4n) is 6.40. The number of aliphatic hydroxyl groups excluding tert-OH is 3. The first kappa shape index (κ1) is 46.8. The number of nitrogens with one attached hydrogen (secondary N) is 1. The summed E-state index contributed by atoms with van der Waals surface area (Å²) in [6.07, 6.45) is 46.5. The molecule has 1 amide bonds. The summed E-state index contributed by atoms with van der Waals surface area (Å²) in [4.78, 5) is 12.4. The van der Waals surface area contributed by atoms with E-state index in [0.717, 1.165) is 51.4 Å². The topological polar surface area (TPSA) is 89.8 Å². The van der Waals surface area contributed by atoms with Crippen LogP contribution in [0.15, 0.2) is 24.3 Å². The highest BCUT2D eigenvalue weighted by molar-refractivity contribution is 5.80. The minimum absolute atomic E-state index is 0.366. The first-order valence-corrected chi connectivity index (χ1v) is 21.2. The van der Waals surface area contributed by atoms with Crippen molar-refractivity contribution in [1.29, 1.82) is 0 Å². The summed E-state index contributed by atoms with van der Waals surface area (Å²) < 4.78 is 0. The molecule has 0 bridgehead atoms. The Hall–Kier alpha value is -1.17. The van der Waals surface area contributed by atoms with Gasteiger partial charge in [-0.25, -0.2) is 0 Å². The van der Waals surface area contributed by atoms with E-state index in [4.69, 9.17) is 0 Å². The van der Waals surface area contributed by atoms with E-state index in [1.165, 1.54) is 148 Å². The van der Waals surface area contributed by atoms with Crippen LogP contribution < -0.4 is 5.32 Å². The second-order valence-corrected chi connectivity index (χ2v) is 14.6. The molecule has 3 unspecified atom stereocenters. The maximum atomic E-state index is 12.4. The van der Waals surface area contributed by atoms with E-state index in [-0.39, 0.29) is 6.61 Å². The number of allylic oxidation sites excluding steroid dienone is 3. The summed E-state index contributed by atoms with van der Waals surface area (Å²) in [5.74, 6) is -0.514. The average molecular weight is 678 g/mol. The van der Waals surface area contributed by atoms with E-state index < -0.39 is 24.2 Å². The van der Waals surface area contributed by atoms with Gasteiger partial charge in [0.1, 0.15) is 6.10 Å². The predicted octanol–water partition coefficient (Wildman–Crippen LogP) is 11.8. The second-order valence-electron chi connectivity index (χ2n) is 14.6. The van der Waals surface area contributed by atoms with Crippen molar-refractivity contribution in [3.05, 3.63) is 24.3 Å². The number of carbonyl (C=O) groups excluding carboxylic acids is 1. The van der Waals surface area contributed by atoms with Crippen molar-refractivity contribution >= 4 is 5.91 Å². The number of aliphatic hydroxyl groups is 3. The summed E-state index contributed by atoms with van der Waals surface area (Å²) in [5, 5.41) is 33.0. The number of rotatable bonds is 38. The van der Waals surface area contributed by atoms with Crippen molar-refractivity contribution in [3.8, 4) is 0 Å². The van der Waals surface area contributed by atoms with E-state index in [1.807, 2.05) is 6.08 Å². The van der Waals surface area contributed by atoms with Gasteiger partial charge in [0.05, 0.1) is 18.8 Å². The fourth-order valence-corrected chi connectivity index (χ4v) is 6.40. The first-order valence-electron chi connectivity index (χ1n) is 21.2. The van der Waals surface area contributed by atoms with Gasteiger partial charge in [0.2, 0.25) is 5.91 Å². The Morgan fingerprint density at radius 1 is 0.500 bits per heavy atom. The lowest BCUT2D eigenvalue weighted by molar-refractivity contribution is -0.131. The molecule has 0 heterocycles. The molecule has 0 rings (SSSR count). The fraction of sp³-hybridized carbons (Fsp3) is 0.884. The molecule has 0 aromatic heterocycles. The van der Waals surface area contributed by atoms with Gasteiger partial charge < -0.3 is 20.6 Å². The summed E-state index contributed by atoms with van der Waals surface area (Å²) in [6.45, 7) is 4.13. The third-order valence-electron chi connectivity index (χ3n) is 9.79. The quantitative estimate of drug-likeness (QED) is 0.0387. The smallest absolute Gasteiger partial charge is 0.249 e. The molecular weight excluding hydrogens is 594 g/mol. The summed E-state index contributed by atoms with van der Waals surface area (Å²) in [7, 11) is 0. The van der Waals surface area contributed by atoms with Crippen LogP contribution in [0.5, 0.6) is 0 Å². The largest absolute Gasteiger partial charge is 0.394 e. The molecule has 284 valence electrons. The molecule has 0 radical (unpaired) electrons. The molecule has 48 heavy (non-hydrogen) atoms. The Balaban J connectivity index is 3.60. The van der Waals surface area contributed by atoms with Crippen molar-refractivity contribution in [3.63, 3.8) is 0 Å². The predicted molar refractivity (Wildman–Crippen MR) is 208 cm³/mol. The molecule has 0 spiro atoms. The number of hydrogen-bond acceptors (Lipinski definition) is 4. The molecule has 0 aliphatic heterocycles. The monoisotopic (exact) mass is 678 g/mol. The lowest BCUT2D eigenvalue weighted by atomic mass is 10.0. The first-order chi connectivity index (χ1) is 23.6. The highest BCUT2D eigenvalue weighted by Crippen LogP contribution is 2.16. The Morgan fingerprint density at radius 2 is 0.854 bits per heavy atom. The van der Waals surface area contributed by atoms with Crippen molar-refractivity contribution in [2.75, 3.05) is 6.61 Å². The third-order valence-corrected chi connectivity index (χ3v) is 9.79. The van der Waals surface area contributed by atoms with Crippen LogP contribution in [-0.2, 0) is 4.79 Å². The van der Waals surface area contributed by atoms with Crippen LogP contribution in [0, 0.1) is 0 Å². The van der Waals surface area contributed by atoms with Gasteiger partial charge in [-0.1, -0.05) is 205 Å². The molecule has 0 aromatic carbocycles. The van der Waals surface area contributed by atoms with Crippen LogP contribution in [0.25, 0.3) is 0 Å². The Bertz CT molecular complexity index is 709. The minimum Gasteiger partial charge on any atom is -0.394 e. The molecule has 0 aromatic rings. The van der Waals surface area contributed by atoms with Crippen molar-refractivity contribution in [2.24, 2.45) is 0 Å². The lowest BCUT2D eigenvalue weighted by Crippen LogP contribution is -2.48. The highest BCUT2D eigenvalue weighted by Gasteiger charge is 2.22. The minimum atomic E-state index is -1.10. The Kier molecular flexibility index (Phi) is 37.7. The van der Waals surface area contributed by atoms with Gasteiger partial charge in [0, 0.05) is 0 Å². The molecule has 0 fully saturated rings. The number of carbonyl (C=O) groups is 1. The zero-order valence-electron chi connectivity index (χ0n) is 32.1. The molecule has 0 saturated carbocycles. The van der Waals surface area contributed by atoms with Gasteiger partial charge in [-0.05, 0) is 38.5 Å². The SMILES string of the molecule is CCCC/C=C\CCCCCCC(O)C(=O)NC(CO)C(O)/C=C/CCCCCCCCCCCCCCCCCCCCCCCC. The summed E-state index contributed by atoms with van der Waals surface area (Å²) >= 11 is 0. The normalized spacial score (nSPS) is 13.9. The van der Waals surface area contributed by atoms with Crippen LogP contribution >= 0.6 is 0 Å². The van der Waals surface area contributed by atoms with Crippen molar-refractivity contribution in [2.45, 2.75) is 238 Å². The van der Waals surface area contributed by atoms with E-state index in [2.05, 4.69) is 31.3 Å². The molecule has 3 atom stereocenters. The Morgan fingerprint density at radius 3 is 1.27 bits per heavy atom. The van der Waals surface area contributed by atoms with Crippen LogP contribution in [0.2, 0.25) is 0 Å². The molecule has 0 aliphatic rings. The van der Waals surface area contributed by atoms with Gasteiger partial charge in [0.25, 0.3) is 0 Å². The summed E-state index contributed by atoms with van der Waals surface area (Å²) in [5.41, 5.74) is 0. The van der Waals surface area contributed by atoms with E-state index in [9.17, 15) is 20.1 Å². The molecule has 0 aliphatic carbocycles. The van der Waals surface area contributed by atoms with Crippen LogP contribution in [0.3, 0.4) is 0 Å². The van der Waals surface area contributed by atoms with Gasteiger partial charge in [-0.15, -0.1) is 0 Å². The van der Waals surface area contributed by atoms with Crippen molar-refractivity contribution in [1.82, 2.24) is 5.32 Å². The molecule has 0 saturated heterocycles. The van der Waals surface area contributed by atoms with Crippen LogP contribution in [0.4, 0.5) is 0 Å². The van der Waals surface area contributed by atoms with Gasteiger partial charge in [-0.3, -0.25) is 4.79 Å². The van der Waals surface area contributed by atoms with Crippen molar-refractivity contribution < 1.29 is 20.1 Å². The molecular formula is C43H83NO4. The second kappa shape index (κ2) is 38.6. The van der Waals surface area contributed by atoms with E-state index in [0.29, 0.717) is 6.42 Å². The van der Waals surface area contributed by atoms with Gasteiger partial charge in [0.15, 0.2) is 0 Å². The van der Waals surface area contributed by atoms with Crippen LogP contribution in [-0.4, -0.2) is 46.1 Å². The average Bonchev–Trinajstić information content (AvgIpc) is 3.09. The standard InChI is InChI=1S/C43H83NO4/c1-3-5-7-9-11-13-15-16-17-18-19-20-21-22-23-24-25-26-27-28-30-31-33-35-37-41(46)40(39-45)44-43(48)42(47)38-36-34-32-29-14-12-10-8-6-4-2/h10,12,35,37,40-42,45-47H,3-9,11,13-34,36,38-39H2,1-2H3,(H,44,48)/b12-10-,37-35+. The van der Waals surface area contributed by atoms with Crippen LogP contribution in [0.1, 0.15) is 219 Å². The zero-order valence-corrected chi connectivity index (χ0v) is 32.1. The molecule has 5 heteroatoms. The van der Waals surface area contributed by atoms with Gasteiger partial charge >= 0.3 is 0 Å². The number of unbranched alkanes of at least 4 members (excludes halogenated alkanes) is 28. The number of hydrogen-bond donors (Lipinski definition) is 4.